The zero-order valence-electron chi connectivity index (χ0n) is 15.6. The molecule has 0 radical (unpaired) electrons. The predicted octanol–water partition coefficient (Wildman–Crippen LogP) is 4.09. The van der Waals surface area contributed by atoms with Crippen LogP contribution in [0.3, 0.4) is 0 Å². The topological polar surface area (TPSA) is 65.4 Å². The van der Waals surface area contributed by atoms with Gasteiger partial charge in [-0.25, -0.2) is 9.18 Å². The summed E-state index contributed by atoms with van der Waals surface area (Å²) in [6.07, 6.45) is 2.77. The van der Waals surface area contributed by atoms with Crippen molar-refractivity contribution in [3.63, 3.8) is 0 Å². The molecule has 1 heterocycles. The van der Waals surface area contributed by atoms with Crippen molar-refractivity contribution in [2.45, 2.75) is 58.1 Å². The summed E-state index contributed by atoms with van der Waals surface area (Å²) in [6, 6.07) is 7.19. The second kappa shape index (κ2) is 6.79. The van der Waals surface area contributed by atoms with Gasteiger partial charge in [-0.2, -0.15) is 5.26 Å². The number of halogens is 1. The molecule has 0 atom stereocenters. The summed E-state index contributed by atoms with van der Waals surface area (Å²) >= 11 is 0. The predicted molar refractivity (Wildman–Crippen MR) is 97.2 cm³/mol. The maximum atomic E-state index is 13.9. The Morgan fingerprint density at radius 1 is 1.46 bits per heavy atom. The lowest BCUT2D eigenvalue weighted by molar-refractivity contribution is 0.0237. The quantitative estimate of drug-likeness (QED) is 0.883. The monoisotopic (exact) mass is 359 g/mol. The summed E-state index contributed by atoms with van der Waals surface area (Å²) < 4.78 is 19.4. The van der Waals surface area contributed by atoms with E-state index in [1.165, 1.54) is 6.07 Å². The molecule has 1 saturated heterocycles. The lowest BCUT2D eigenvalue weighted by Gasteiger charge is -2.45. The number of amides is 1. The third-order valence-electron chi connectivity index (χ3n) is 5.14. The fourth-order valence-electron chi connectivity index (χ4n) is 3.94. The standard InChI is InChI=1S/C20H26FN3O2/c1-19(2,3)26-18(25)24-9-7-20(13-24)11-16(12-20)23-15-5-4-14(6-8-22)17(21)10-15/h4-5,10,16,23H,6-7,9,11-13H2,1-3H3. The van der Waals surface area contributed by atoms with E-state index >= 15 is 0 Å². The number of carbonyl (C=O) groups excluding carboxylic acids is 1. The van der Waals surface area contributed by atoms with Gasteiger partial charge in [0.1, 0.15) is 11.4 Å². The van der Waals surface area contributed by atoms with Crippen molar-refractivity contribution in [3.8, 4) is 6.07 Å². The number of nitriles is 1. The van der Waals surface area contributed by atoms with Crippen LogP contribution in [0.1, 0.15) is 45.6 Å². The molecule has 1 amide bonds. The third-order valence-corrected chi connectivity index (χ3v) is 5.14. The lowest BCUT2D eigenvalue weighted by atomic mass is 9.65. The van der Waals surface area contributed by atoms with E-state index in [0.29, 0.717) is 5.56 Å². The molecule has 1 spiro atoms. The molecule has 1 N–H and O–H groups in total. The van der Waals surface area contributed by atoms with Gasteiger partial charge in [0, 0.05) is 30.4 Å². The average Bonchev–Trinajstić information content (AvgIpc) is 2.94. The molecule has 0 aromatic heterocycles. The molecule has 0 bridgehead atoms. The van der Waals surface area contributed by atoms with E-state index in [-0.39, 0.29) is 29.8 Å². The van der Waals surface area contributed by atoms with Crippen molar-refractivity contribution < 1.29 is 13.9 Å². The van der Waals surface area contributed by atoms with Crippen LogP contribution in [0.25, 0.3) is 0 Å². The van der Waals surface area contributed by atoms with Gasteiger partial charge in [-0.05, 0) is 57.6 Å². The number of nitrogens with zero attached hydrogens (tertiary/aromatic N) is 2. The molecule has 2 aliphatic rings. The fourth-order valence-corrected chi connectivity index (χ4v) is 3.94. The Balaban J connectivity index is 1.51. The van der Waals surface area contributed by atoms with E-state index in [1.807, 2.05) is 32.9 Å². The van der Waals surface area contributed by atoms with E-state index in [4.69, 9.17) is 10.00 Å². The molecule has 6 heteroatoms. The number of ether oxygens (including phenoxy) is 1. The molecule has 1 aromatic carbocycles. The lowest BCUT2D eigenvalue weighted by Crippen LogP contribution is -2.47. The molecular weight excluding hydrogens is 333 g/mol. The Bertz CT molecular complexity index is 730. The minimum atomic E-state index is -0.474. The third kappa shape index (κ3) is 4.09. The first kappa shape index (κ1) is 18.5. The van der Waals surface area contributed by atoms with Crippen LogP contribution in [0.2, 0.25) is 0 Å². The van der Waals surface area contributed by atoms with Crippen molar-refractivity contribution >= 4 is 11.8 Å². The number of rotatable bonds is 3. The Morgan fingerprint density at radius 2 is 2.19 bits per heavy atom. The molecule has 0 unspecified atom stereocenters. The number of anilines is 1. The highest BCUT2D eigenvalue weighted by atomic mass is 19.1. The Morgan fingerprint density at radius 3 is 2.81 bits per heavy atom. The molecule has 3 rings (SSSR count). The molecule has 1 aliphatic heterocycles. The largest absolute Gasteiger partial charge is 0.444 e. The first-order chi connectivity index (χ1) is 12.2. The number of hydrogen-bond donors (Lipinski definition) is 1. The number of likely N-dealkylation sites (tertiary alicyclic amines) is 1. The second-order valence-corrected chi connectivity index (χ2v) is 8.54. The summed E-state index contributed by atoms with van der Waals surface area (Å²) in [6.45, 7) is 7.10. The SMILES string of the molecule is CC(C)(C)OC(=O)N1CCC2(CC(Nc3ccc(CC#N)c(F)c3)C2)C1. The van der Waals surface area contributed by atoms with Crippen LogP contribution in [0.15, 0.2) is 18.2 Å². The van der Waals surface area contributed by atoms with Gasteiger partial charge in [-0.3, -0.25) is 0 Å². The van der Waals surface area contributed by atoms with Crippen molar-refractivity contribution in [2.24, 2.45) is 5.41 Å². The number of hydrogen-bond acceptors (Lipinski definition) is 4. The zero-order chi connectivity index (χ0) is 18.9. The summed E-state index contributed by atoms with van der Waals surface area (Å²) in [5.74, 6) is -0.345. The molecule has 1 aromatic rings. The maximum absolute atomic E-state index is 13.9. The van der Waals surface area contributed by atoms with Gasteiger partial charge in [0.15, 0.2) is 0 Å². The Kier molecular flexibility index (Phi) is 4.83. The fraction of sp³-hybridized carbons (Fsp3) is 0.600. The summed E-state index contributed by atoms with van der Waals surface area (Å²) in [5, 5.41) is 12.0. The van der Waals surface area contributed by atoms with Crippen LogP contribution in [-0.4, -0.2) is 35.7 Å². The summed E-state index contributed by atoms with van der Waals surface area (Å²) in [5.41, 5.74) is 0.851. The van der Waals surface area contributed by atoms with Crippen LogP contribution in [0, 0.1) is 22.6 Å². The molecule has 1 aliphatic carbocycles. The van der Waals surface area contributed by atoms with Gasteiger partial charge < -0.3 is 15.0 Å². The summed E-state index contributed by atoms with van der Waals surface area (Å²) in [4.78, 5) is 14.0. The number of carbonyl (C=O) groups is 1. The van der Waals surface area contributed by atoms with Crippen molar-refractivity contribution in [2.75, 3.05) is 18.4 Å². The highest BCUT2D eigenvalue weighted by Crippen LogP contribution is 2.49. The number of benzene rings is 1. The first-order valence-corrected chi connectivity index (χ1v) is 9.10. The van der Waals surface area contributed by atoms with E-state index < -0.39 is 5.60 Å². The summed E-state index contributed by atoms with van der Waals surface area (Å²) in [7, 11) is 0. The molecule has 140 valence electrons. The van der Waals surface area contributed by atoms with Gasteiger partial charge in [0.2, 0.25) is 0 Å². The minimum absolute atomic E-state index is 0.0825. The highest BCUT2D eigenvalue weighted by molar-refractivity contribution is 5.68. The number of nitrogens with one attached hydrogen (secondary N) is 1. The minimum Gasteiger partial charge on any atom is -0.444 e. The highest BCUT2D eigenvalue weighted by Gasteiger charge is 2.50. The van der Waals surface area contributed by atoms with Gasteiger partial charge >= 0.3 is 6.09 Å². The molecule has 26 heavy (non-hydrogen) atoms. The first-order valence-electron chi connectivity index (χ1n) is 9.10. The van der Waals surface area contributed by atoms with Crippen molar-refractivity contribution in [1.82, 2.24) is 4.90 Å². The van der Waals surface area contributed by atoms with Gasteiger partial charge in [-0.15, -0.1) is 0 Å². The van der Waals surface area contributed by atoms with Gasteiger partial charge in [-0.1, -0.05) is 6.07 Å². The van der Waals surface area contributed by atoms with Crippen LogP contribution in [-0.2, 0) is 11.2 Å². The van der Waals surface area contributed by atoms with E-state index in [2.05, 4.69) is 5.32 Å². The van der Waals surface area contributed by atoms with E-state index in [1.54, 1.807) is 11.0 Å². The second-order valence-electron chi connectivity index (χ2n) is 8.54. The molecular formula is C20H26FN3O2. The van der Waals surface area contributed by atoms with Crippen LogP contribution >= 0.6 is 0 Å². The normalized spacial score (nSPS) is 24.9. The Labute approximate surface area is 154 Å². The van der Waals surface area contributed by atoms with Crippen LogP contribution in [0.4, 0.5) is 14.9 Å². The smallest absolute Gasteiger partial charge is 0.410 e. The average molecular weight is 359 g/mol. The van der Waals surface area contributed by atoms with E-state index in [9.17, 15) is 9.18 Å². The molecule has 1 saturated carbocycles. The van der Waals surface area contributed by atoms with Crippen LogP contribution in [0.5, 0.6) is 0 Å². The van der Waals surface area contributed by atoms with Gasteiger partial charge in [0.25, 0.3) is 0 Å². The van der Waals surface area contributed by atoms with Gasteiger partial charge in [0.05, 0.1) is 12.5 Å². The zero-order valence-corrected chi connectivity index (χ0v) is 15.6. The molecule has 2 fully saturated rings. The van der Waals surface area contributed by atoms with Crippen molar-refractivity contribution in [1.29, 1.82) is 5.26 Å². The van der Waals surface area contributed by atoms with E-state index in [0.717, 1.165) is 38.0 Å². The molecule has 5 nitrogen and oxygen atoms in total. The maximum Gasteiger partial charge on any atom is 0.410 e. The van der Waals surface area contributed by atoms with Crippen molar-refractivity contribution in [3.05, 3.63) is 29.6 Å². The van der Waals surface area contributed by atoms with Crippen LogP contribution < -0.4 is 5.32 Å². The Hall–Kier alpha value is -2.29.